The second-order valence-corrected chi connectivity index (χ2v) is 7.12. The number of hydrogen-bond acceptors (Lipinski definition) is 3. The smallest absolute Gasteiger partial charge is 0.191 e. The fourth-order valence-corrected chi connectivity index (χ4v) is 3.43. The van der Waals surface area contributed by atoms with Crippen LogP contribution < -0.4 is 15.5 Å². The zero-order chi connectivity index (χ0) is 19.6. The topological polar surface area (TPSA) is 52.6 Å². The SMILES string of the molecule is CN=C(NCCc1ccccc1F)NCc1ccc(N2CCCCCC2)nc1.I. The lowest BCUT2D eigenvalue weighted by Gasteiger charge is -2.21. The van der Waals surface area contributed by atoms with Crippen molar-refractivity contribution in [1.82, 2.24) is 15.6 Å². The fraction of sp³-hybridized carbons (Fsp3) is 0.455. The molecule has 0 spiro atoms. The highest BCUT2D eigenvalue weighted by Gasteiger charge is 2.10. The normalized spacial score (nSPS) is 14.7. The van der Waals surface area contributed by atoms with Crippen molar-refractivity contribution in [2.24, 2.45) is 4.99 Å². The van der Waals surface area contributed by atoms with Crippen LogP contribution >= 0.6 is 24.0 Å². The van der Waals surface area contributed by atoms with Gasteiger partial charge in [0.25, 0.3) is 0 Å². The Hall–Kier alpha value is -1.90. The molecular weight excluding hydrogens is 480 g/mol. The second kappa shape index (κ2) is 12.6. The van der Waals surface area contributed by atoms with E-state index in [0.717, 1.165) is 24.5 Å². The molecule has 2 N–H and O–H groups in total. The predicted molar refractivity (Wildman–Crippen MR) is 129 cm³/mol. The monoisotopic (exact) mass is 511 g/mol. The number of halogens is 2. The molecule has 158 valence electrons. The van der Waals surface area contributed by atoms with E-state index in [1.165, 1.54) is 31.7 Å². The summed E-state index contributed by atoms with van der Waals surface area (Å²) in [6, 6.07) is 11.1. The standard InChI is InChI=1S/C22H30FN5.HI/c1-24-22(25-13-12-19-8-4-5-9-20(19)23)27-17-18-10-11-21(26-16-18)28-14-6-2-3-7-15-28;/h4-5,8-11,16H,2-3,6-7,12-15,17H2,1H3,(H2,24,25,27);1H. The van der Waals surface area contributed by atoms with Crippen molar-refractivity contribution in [2.45, 2.75) is 38.6 Å². The number of pyridine rings is 1. The van der Waals surface area contributed by atoms with Gasteiger partial charge in [0.1, 0.15) is 11.6 Å². The van der Waals surface area contributed by atoms with Crippen LogP contribution in [0.1, 0.15) is 36.8 Å². The van der Waals surface area contributed by atoms with E-state index in [9.17, 15) is 4.39 Å². The molecule has 1 fully saturated rings. The van der Waals surface area contributed by atoms with E-state index in [0.29, 0.717) is 31.0 Å². The molecule has 0 bridgehead atoms. The van der Waals surface area contributed by atoms with Gasteiger partial charge < -0.3 is 15.5 Å². The Morgan fingerprint density at radius 1 is 1.07 bits per heavy atom. The van der Waals surface area contributed by atoms with Gasteiger partial charge in [-0.15, -0.1) is 24.0 Å². The van der Waals surface area contributed by atoms with E-state index < -0.39 is 0 Å². The van der Waals surface area contributed by atoms with E-state index in [1.807, 2.05) is 18.3 Å². The lowest BCUT2D eigenvalue weighted by molar-refractivity contribution is 0.606. The van der Waals surface area contributed by atoms with Crippen LogP contribution in [0.3, 0.4) is 0 Å². The molecule has 0 aliphatic carbocycles. The van der Waals surface area contributed by atoms with Crippen LogP contribution in [-0.4, -0.2) is 37.6 Å². The molecule has 1 aromatic heterocycles. The first-order chi connectivity index (χ1) is 13.8. The van der Waals surface area contributed by atoms with Crippen molar-refractivity contribution >= 4 is 35.8 Å². The van der Waals surface area contributed by atoms with Crippen LogP contribution in [0.25, 0.3) is 0 Å². The molecule has 7 heteroatoms. The van der Waals surface area contributed by atoms with Gasteiger partial charge in [-0.2, -0.15) is 0 Å². The minimum absolute atomic E-state index is 0. The third-order valence-corrected chi connectivity index (χ3v) is 5.07. The predicted octanol–water partition coefficient (Wildman–Crippen LogP) is 4.13. The third-order valence-electron chi connectivity index (χ3n) is 5.07. The third kappa shape index (κ3) is 7.45. The van der Waals surface area contributed by atoms with Gasteiger partial charge in [0.05, 0.1) is 0 Å². The van der Waals surface area contributed by atoms with Crippen LogP contribution in [0, 0.1) is 5.82 Å². The van der Waals surface area contributed by atoms with E-state index in [2.05, 4.69) is 37.6 Å². The highest BCUT2D eigenvalue weighted by atomic mass is 127. The number of benzene rings is 1. The molecule has 0 amide bonds. The van der Waals surface area contributed by atoms with Crippen molar-refractivity contribution in [3.63, 3.8) is 0 Å². The van der Waals surface area contributed by atoms with Crippen molar-refractivity contribution < 1.29 is 4.39 Å². The molecule has 1 saturated heterocycles. The Labute approximate surface area is 190 Å². The van der Waals surface area contributed by atoms with E-state index >= 15 is 0 Å². The van der Waals surface area contributed by atoms with Gasteiger partial charge in [0.2, 0.25) is 0 Å². The summed E-state index contributed by atoms with van der Waals surface area (Å²) < 4.78 is 13.7. The molecule has 2 heterocycles. The first-order valence-electron chi connectivity index (χ1n) is 10.1. The van der Waals surface area contributed by atoms with Gasteiger partial charge in [-0.25, -0.2) is 9.37 Å². The highest BCUT2D eigenvalue weighted by Crippen LogP contribution is 2.17. The first-order valence-corrected chi connectivity index (χ1v) is 10.1. The van der Waals surface area contributed by atoms with Crippen molar-refractivity contribution in [3.8, 4) is 0 Å². The van der Waals surface area contributed by atoms with Gasteiger partial charge in [-0.3, -0.25) is 4.99 Å². The van der Waals surface area contributed by atoms with Gasteiger partial charge in [-0.1, -0.05) is 37.1 Å². The van der Waals surface area contributed by atoms with E-state index in [-0.39, 0.29) is 29.8 Å². The molecule has 5 nitrogen and oxygen atoms in total. The number of rotatable bonds is 6. The Kier molecular flexibility index (Phi) is 10.2. The Morgan fingerprint density at radius 2 is 1.83 bits per heavy atom. The van der Waals surface area contributed by atoms with Crippen molar-refractivity contribution in [1.29, 1.82) is 0 Å². The zero-order valence-corrected chi connectivity index (χ0v) is 19.4. The largest absolute Gasteiger partial charge is 0.357 e. The molecule has 0 radical (unpaired) electrons. The number of guanidine groups is 1. The van der Waals surface area contributed by atoms with Gasteiger partial charge >= 0.3 is 0 Å². The van der Waals surface area contributed by atoms with Crippen LogP contribution in [0.5, 0.6) is 0 Å². The van der Waals surface area contributed by atoms with E-state index in [4.69, 9.17) is 0 Å². The average Bonchev–Trinajstić information content (AvgIpc) is 3.02. The molecular formula is C22H31FIN5. The maximum atomic E-state index is 13.7. The summed E-state index contributed by atoms with van der Waals surface area (Å²) in [7, 11) is 1.74. The molecule has 0 saturated carbocycles. The van der Waals surface area contributed by atoms with Gasteiger partial charge in [0, 0.05) is 39.4 Å². The highest BCUT2D eigenvalue weighted by molar-refractivity contribution is 14.0. The summed E-state index contributed by atoms with van der Waals surface area (Å²) in [5.74, 6) is 1.61. The average molecular weight is 511 g/mol. The minimum Gasteiger partial charge on any atom is -0.357 e. The summed E-state index contributed by atoms with van der Waals surface area (Å²) in [5.41, 5.74) is 1.81. The summed E-state index contributed by atoms with van der Waals surface area (Å²) in [6.07, 6.45) is 7.68. The minimum atomic E-state index is -0.164. The summed E-state index contributed by atoms with van der Waals surface area (Å²) >= 11 is 0. The fourth-order valence-electron chi connectivity index (χ4n) is 3.43. The Balaban J connectivity index is 0.00000300. The van der Waals surface area contributed by atoms with Crippen LogP contribution in [0.2, 0.25) is 0 Å². The quantitative estimate of drug-likeness (QED) is 0.348. The summed E-state index contributed by atoms with van der Waals surface area (Å²) in [5, 5.41) is 6.52. The maximum absolute atomic E-state index is 13.7. The van der Waals surface area contributed by atoms with E-state index in [1.54, 1.807) is 13.1 Å². The number of anilines is 1. The summed E-state index contributed by atoms with van der Waals surface area (Å²) in [4.78, 5) is 11.3. The number of aliphatic imine (C=N–C) groups is 1. The first kappa shape index (κ1) is 23.4. The molecule has 0 unspecified atom stereocenters. The molecule has 2 aromatic rings. The molecule has 0 atom stereocenters. The molecule has 3 rings (SSSR count). The number of aromatic nitrogens is 1. The molecule has 29 heavy (non-hydrogen) atoms. The maximum Gasteiger partial charge on any atom is 0.191 e. The Morgan fingerprint density at radius 3 is 2.48 bits per heavy atom. The van der Waals surface area contributed by atoms with Crippen LogP contribution in [0.15, 0.2) is 47.6 Å². The van der Waals surface area contributed by atoms with Crippen molar-refractivity contribution in [2.75, 3.05) is 31.6 Å². The zero-order valence-electron chi connectivity index (χ0n) is 17.0. The lowest BCUT2D eigenvalue weighted by Crippen LogP contribution is -2.38. The molecule has 1 aliphatic heterocycles. The Bertz CT molecular complexity index is 758. The van der Waals surface area contributed by atoms with Gasteiger partial charge in [-0.05, 0) is 42.5 Å². The molecule has 1 aliphatic rings. The van der Waals surface area contributed by atoms with Crippen LogP contribution in [0.4, 0.5) is 10.2 Å². The number of hydrogen-bond donors (Lipinski definition) is 2. The van der Waals surface area contributed by atoms with Crippen molar-refractivity contribution in [3.05, 3.63) is 59.5 Å². The van der Waals surface area contributed by atoms with Crippen LogP contribution in [-0.2, 0) is 13.0 Å². The molecule has 1 aromatic carbocycles. The second-order valence-electron chi connectivity index (χ2n) is 7.12. The number of nitrogens with one attached hydrogen (secondary N) is 2. The van der Waals surface area contributed by atoms with Gasteiger partial charge in [0.15, 0.2) is 5.96 Å². The number of nitrogens with zero attached hydrogens (tertiary/aromatic N) is 3. The summed E-state index contributed by atoms with van der Waals surface area (Å²) in [6.45, 7) is 3.46. The lowest BCUT2D eigenvalue weighted by atomic mass is 10.1.